The first-order valence-corrected chi connectivity index (χ1v) is 24.4. The molecule has 342 valence electrons. The largest absolute Gasteiger partial charge is 0.477 e. The van der Waals surface area contributed by atoms with Crippen LogP contribution in [0.2, 0.25) is 0 Å². The summed E-state index contributed by atoms with van der Waals surface area (Å²) in [5.74, 6) is -2.00. The highest BCUT2D eigenvalue weighted by molar-refractivity contribution is 5.71. The second kappa shape index (κ2) is 41.8. The predicted octanol–water partition coefficient (Wildman–Crippen LogP) is 13.1. The Morgan fingerprint density at radius 2 is 0.879 bits per heavy atom. The average Bonchev–Trinajstić information content (AvgIpc) is 3.18. The third kappa shape index (κ3) is 42.2. The average molecular weight is 825 g/mol. The molecular formula is C49H94NO8+. The summed E-state index contributed by atoms with van der Waals surface area (Å²) in [6.45, 7) is 4.89. The summed E-state index contributed by atoms with van der Waals surface area (Å²) in [5.41, 5.74) is 0. The van der Waals surface area contributed by atoms with Gasteiger partial charge in [-0.3, -0.25) is 9.59 Å². The van der Waals surface area contributed by atoms with Crippen molar-refractivity contribution in [2.24, 2.45) is 0 Å². The molecule has 0 aromatic rings. The number of quaternary nitrogens is 1. The number of rotatable bonds is 45. The van der Waals surface area contributed by atoms with Crippen LogP contribution >= 0.6 is 0 Å². The first kappa shape index (κ1) is 56.0. The molecule has 0 saturated heterocycles. The van der Waals surface area contributed by atoms with Crippen LogP contribution in [0.4, 0.5) is 0 Å². The van der Waals surface area contributed by atoms with Gasteiger partial charge in [-0.15, -0.1) is 0 Å². The van der Waals surface area contributed by atoms with Gasteiger partial charge in [-0.2, -0.15) is 0 Å². The topological polar surface area (TPSA) is 108 Å². The molecule has 0 heterocycles. The van der Waals surface area contributed by atoms with E-state index in [2.05, 4.69) is 26.0 Å². The van der Waals surface area contributed by atoms with Crippen LogP contribution in [0, 0.1) is 0 Å². The fourth-order valence-corrected chi connectivity index (χ4v) is 6.95. The van der Waals surface area contributed by atoms with E-state index in [1.165, 1.54) is 141 Å². The first-order chi connectivity index (χ1) is 28.1. The van der Waals surface area contributed by atoms with E-state index in [0.717, 1.165) is 51.4 Å². The van der Waals surface area contributed by atoms with Crippen molar-refractivity contribution < 1.29 is 42.9 Å². The lowest BCUT2D eigenvalue weighted by atomic mass is 10.0. The number of hydrogen-bond acceptors (Lipinski definition) is 7. The lowest BCUT2D eigenvalue weighted by molar-refractivity contribution is -0.870. The van der Waals surface area contributed by atoms with E-state index < -0.39 is 24.3 Å². The van der Waals surface area contributed by atoms with E-state index in [0.29, 0.717) is 23.9 Å². The van der Waals surface area contributed by atoms with Crippen molar-refractivity contribution in [2.45, 2.75) is 238 Å². The van der Waals surface area contributed by atoms with Crippen LogP contribution in [-0.4, -0.2) is 87.4 Å². The first-order valence-electron chi connectivity index (χ1n) is 24.4. The van der Waals surface area contributed by atoms with Crippen LogP contribution in [0.15, 0.2) is 12.2 Å². The fourth-order valence-electron chi connectivity index (χ4n) is 6.95. The molecule has 0 saturated carbocycles. The highest BCUT2D eigenvalue weighted by Crippen LogP contribution is 2.16. The Labute approximate surface area is 357 Å². The molecule has 0 aliphatic heterocycles. The van der Waals surface area contributed by atoms with Crippen LogP contribution < -0.4 is 0 Å². The molecule has 0 rings (SSSR count). The van der Waals surface area contributed by atoms with Crippen molar-refractivity contribution in [3.05, 3.63) is 12.2 Å². The van der Waals surface area contributed by atoms with Gasteiger partial charge >= 0.3 is 17.9 Å². The Balaban J connectivity index is 4.37. The number of carboxylic acid groups (broad SMARTS) is 1. The summed E-state index contributed by atoms with van der Waals surface area (Å²) in [6.07, 6.45) is 41.2. The minimum absolute atomic E-state index is 0.179. The molecular weight excluding hydrogens is 731 g/mol. The van der Waals surface area contributed by atoms with E-state index in [1.807, 2.05) is 21.1 Å². The Hall–Kier alpha value is -1.97. The predicted molar refractivity (Wildman–Crippen MR) is 240 cm³/mol. The monoisotopic (exact) mass is 825 g/mol. The lowest BCUT2D eigenvalue weighted by Crippen LogP contribution is -2.40. The van der Waals surface area contributed by atoms with Crippen LogP contribution in [0.5, 0.6) is 0 Å². The van der Waals surface area contributed by atoms with Gasteiger partial charge in [0.05, 0.1) is 34.4 Å². The zero-order chi connectivity index (χ0) is 42.8. The van der Waals surface area contributed by atoms with Crippen LogP contribution in [0.3, 0.4) is 0 Å². The maximum absolute atomic E-state index is 12.8. The van der Waals surface area contributed by atoms with Gasteiger partial charge in [0.15, 0.2) is 6.10 Å². The summed E-state index contributed by atoms with van der Waals surface area (Å²) in [6, 6.07) is 0. The van der Waals surface area contributed by atoms with Crippen molar-refractivity contribution in [1.82, 2.24) is 0 Å². The molecule has 0 aliphatic rings. The van der Waals surface area contributed by atoms with Gasteiger partial charge in [0.25, 0.3) is 6.29 Å². The Morgan fingerprint density at radius 1 is 0.500 bits per heavy atom. The van der Waals surface area contributed by atoms with Gasteiger partial charge in [0.2, 0.25) is 0 Å². The lowest BCUT2D eigenvalue weighted by Gasteiger charge is -2.25. The number of unbranched alkanes of at least 4 members (excludes halogenated alkanes) is 28. The molecule has 58 heavy (non-hydrogen) atoms. The summed E-state index contributed by atoms with van der Waals surface area (Å²) >= 11 is 0. The van der Waals surface area contributed by atoms with Gasteiger partial charge in [-0.05, 0) is 38.5 Å². The number of allylic oxidation sites excluding steroid dienone is 2. The van der Waals surface area contributed by atoms with Crippen LogP contribution in [0.25, 0.3) is 0 Å². The van der Waals surface area contributed by atoms with E-state index >= 15 is 0 Å². The number of likely N-dealkylation sites (N-methyl/N-ethyl adjacent to an activating group) is 1. The molecule has 9 heteroatoms. The van der Waals surface area contributed by atoms with E-state index in [4.69, 9.17) is 18.9 Å². The number of aliphatic carboxylic acids is 1. The Bertz CT molecular complexity index is 965. The number of esters is 2. The fraction of sp³-hybridized carbons (Fsp3) is 0.898. The van der Waals surface area contributed by atoms with Gasteiger partial charge < -0.3 is 28.5 Å². The molecule has 2 atom stereocenters. The summed E-state index contributed by atoms with van der Waals surface area (Å²) < 4.78 is 22.8. The standard InChI is InChI=1S/C49H93NO8/c1-6-8-10-12-14-16-18-20-22-24-26-27-29-31-33-35-37-39-46(51)56-43-45(44-57-49(48(53)54)55-42-41-50(3,4)5)58-47(52)40-38-36-34-32-30-28-25-23-21-19-17-15-13-11-9-7-2/h23,25,45,49H,6-22,24,26-44H2,1-5H3/p+1/b25-23-. The highest BCUT2D eigenvalue weighted by atomic mass is 16.7. The van der Waals surface area contributed by atoms with Gasteiger partial charge in [0.1, 0.15) is 13.2 Å². The minimum Gasteiger partial charge on any atom is -0.477 e. The summed E-state index contributed by atoms with van der Waals surface area (Å²) in [4.78, 5) is 37.2. The van der Waals surface area contributed by atoms with Gasteiger partial charge in [0, 0.05) is 12.8 Å². The van der Waals surface area contributed by atoms with Gasteiger partial charge in [-0.1, -0.05) is 187 Å². The normalized spacial score (nSPS) is 12.9. The molecule has 0 bridgehead atoms. The molecule has 0 fully saturated rings. The van der Waals surface area contributed by atoms with E-state index in [1.54, 1.807) is 0 Å². The van der Waals surface area contributed by atoms with Crippen molar-refractivity contribution in [1.29, 1.82) is 0 Å². The summed E-state index contributed by atoms with van der Waals surface area (Å²) in [7, 11) is 5.96. The number of nitrogens with zero attached hydrogens (tertiary/aromatic N) is 1. The van der Waals surface area contributed by atoms with Crippen molar-refractivity contribution in [3.63, 3.8) is 0 Å². The number of hydrogen-bond donors (Lipinski definition) is 1. The maximum atomic E-state index is 12.8. The maximum Gasteiger partial charge on any atom is 0.361 e. The number of ether oxygens (including phenoxy) is 4. The molecule has 0 aromatic heterocycles. The smallest absolute Gasteiger partial charge is 0.361 e. The van der Waals surface area contributed by atoms with Crippen LogP contribution in [-0.2, 0) is 33.3 Å². The molecule has 0 amide bonds. The number of carbonyl (C=O) groups is 3. The molecule has 0 radical (unpaired) electrons. The molecule has 9 nitrogen and oxygen atoms in total. The Morgan fingerprint density at radius 3 is 1.28 bits per heavy atom. The molecule has 0 spiro atoms. The second-order valence-electron chi connectivity index (χ2n) is 17.8. The van der Waals surface area contributed by atoms with Gasteiger partial charge in [-0.25, -0.2) is 4.79 Å². The number of carbonyl (C=O) groups excluding carboxylic acids is 2. The molecule has 1 N–H and O–H groups in total. The van der Waals surface area contributed by atoms with Crippen molar-refractivity contribution in [3.8, 4) is 0 Å². The van der Waals surface area contributed by atoms with Crippen molar-refractivity contribution >= 4 is 17.9 Å². The third-order valence-corrected chi connectivity index (χ3v) is 10.8. The molecule has 0 aliphatic carbocycles. The van der Waals surface area contributed by atoms with E-state index in [-0.39, 0.29) is 32.2 Å². The van der Waals surface area contributed by atoms with Crippen LogP contribution in [0.1, 0.15) is 226 Å². The zero-order valence-electron chi connectivity index (χ0n) is 38.7. The zero-order valence-corrected chi connectivity index (χ0v) is 38.7. The minimum atomic E-state index is -1.51. The quantitative estimate of drug-likeness (QED) is 0.0213. The highest BCUT2D eigenvalue weighted by Gasteiger charge is 2.25. The Kier molecular flexibility index (Phi) is 40.3. The second-order valence-corrected chi connectivity index (χ2v) is 17.8. The summed E-state index contributed by atoms with van der Waals surface area (Å²) in [5, 5.41) is 9.65. The molecule has 0 aromatic carbocycles. The number of carboxylic acids is 1. The third-order valence-electron chi connectivity index (χ3n) is 10.8. The van der Waals surface area contributed by atoms with Crippen molar-refractivity contribution in [2.75, 3.05) is 47.5 Å². The molecule has 2 unspecified atom stereocenters. The SMILES string of the molecule is CCCCCCCCC/C=C\CCCCCCCC(=O)OC(COC(=O)CCCCCCCCCCCCCCCCCCC)COC(OCC[N+](C)(C)C)C(=O)O. The van der Waals surface area contributed by atoms with E-state index in [9.17, 15) is 19.5 Å².